The van der Waals surface area contributed by atoms with E-state index in [4.69, 9.17) is 9.47 Å². The van der Waals surface area contributed by atoms with Crippen LogP contribution < -0.4 is 5.32 Å². The van der Waals surface area contributed by atoms with Crippen molar-refractivity contribution in [2.75, 3.05) is 13.1 Å². The SMILES string of the molecule is CC(C)(C)OC(=O)OC1CNC1. The quantitative estimate of drug-likeness (QED) is 0.599. The Balaban J connectivity index is 2.19. The zero-order chi connectivity index (χ0) is 9.19. The molecule has 1 N–H and O–H groups in total. The van der Waals surface area contributed by atoms with Crippen molar-refractivity contribution in [3.8, 4) is 0 Å². The summed E-state index contributed by atoms with van der Waals surface area (Å²) in [5.41, 5.74) is -0.464. The lowest BCUT2D eigenvalue weighted by Crippen LogP contribution is -2.49. The minimum Gasteiger partial charge on any atom is -0.429 e. The first-order valence-electron chi connectivity index (χ1n) is 4.08. The van der Waals surface area contributed by atoms with E-state index in [1.165, 1.54) is 0 Å². The summed E-state index contributed by atoms with van der Waals surface area (Å²) in [5, 5.41) is 3.00. The first-order valence-corrected chi connectivity index (χ1v) is 4.08. The summed E-state index contributed by atoms with van der Waals surface area (Å²) in [5.74, 6) is 0. The molecule has 70 valence electrons. The number of hydrogen-bond donors (Lipinski definition) is 1. The molecule has 12 heavy (non-hydrogen) atoms. The topological polar surface area (TPSA) is 47.6 Å². The third kappa shape index (κ3) is 3.09. The third-order valence-electron chi connectivity index (χ3n) is 1.40. The molecular weight excluding hydrogens is 158 g/mol. The van der Waals surface area contributed by atoms with Crippen molar-refractivity contribution in [2.45, 2.75) is 32.5 Å². The first-order chi connectivity index (χ1) is 5.47. The van der Waals surface area contributed by atoms with Crippen LogP contribution in [0.4, 0.5) is 4.79 Å². The van der Waals surface area contributed by atoms with E-state index in [2.05, 4.69) is 5.32 Å². The van der Waals surface area contributed by atoms with Gasteiger partial charge in [-0.2, -0.15) is 0 Å². The molecule has 1 fully saturated rings. The van der Waals surface area contributed by atoms with Gasteiger partial charge in [0.25, 0.3) is 0 Å². The van der Waals surface area contributed by atoms with Gasteiger partial charge in [-0.15, -0.1) is 0 Å². The maximum atomic E-state index is 11.0. The molecule has 4 nitrogen and oxygen atoms in total. The van der Waals surface area contributed by atoms with Gasteiger partial charge in [0.1, 0.15) is 11.7 Å². The molecule has 1 saturated heterocycles. The largest absolute Gasteiger partial charge is 0.509 e. The normalized spacial score (nSPS) is 18.2. The van der Waals surface area contributed by atoms with Crippen LogP contribution in [0.3, 0.4) is 0 Å². The summed E-state index contributed by atoms with van der Waals surface area (Å²) in [4.78, 5) is 11.0. The molecule has 1 rings (SSSR count). The lowest BCUT2D eigenvalue weighted by atomic mass is 10.2. The fourth-order valence-electron chi connectivity index (χ4n) is 0.756. The molecule has 1 aliphatic rings. The summed E-state index contributed by atoms with van der Waals surface area (Å²) in [7, 11) is 0. The monoisotopic (exact) mass is 173 g/mol. The molecule has 0 radical (unpaired) electrons. The fraction of sp³-hybridized carbons (Fsp3) is 0.875. The van der Waals surface area contributed by atoms with Crippen LogP contribution in [0.2, 0.25) is 0 Å². The summed E-state index contributed by atoms with van der Waals surface area (Å²) in [6, 6.07) is 0. The van der Waals surface area contributed by atoms with Crippen molar-refractivity contribution in [1.29, 1.82) is 0 Å². The molecule has 0 aromatic carbocycles. The van der Waals surface area contributed by atoms with Gasteiger partial charge in [0, 0.05) is 13.1 Å². The van der Waals surface area contributed by atoms with Crippen molar-refractivity contribution >= 4 is 6.16 Å². The van der Waals surface area contributed by atoms with Gasteiger partial charge in [-0.05, 0) is 20.8 Å². The third-order valence-corrected chi connectivity index (χ3v) is 1.40. The second kappa shape index (κ2) is 3.31. The highest BCUT2D eigenvalue weighted by molar-refractivity contribution is 5.60. The van der Waals surface area contributed by atoms with Crippen molar-refractivity contribution in [1.82, 2.24) is 5.32 Å². The van der Waals surface area contributed by atoms with Crippen molar-refractivity contribution < 1.29 is 14.3 Å². The Morgan fingerprint density at radius 2 is 2.00 bits per heavy atom. The van der Waals surface area contributed by atoms with E-state index in [0.717, 1.165) is 13.1 Å². The molecule has 0 aliphatic carbocycles. The Morgan fingerprint density at radius 3 is 2.33 bits per heavy atom. The summed E-state index contributed by atoms with van der Waals surface area (Å²) < 4.78 is 9.89. The Kier molecular flexibility index (Phi) is 2.57. The number of ether oxygens (including phenoxy) is 2. The second-order valence-corrected chi connectivity index (χ2v) is 3.86. The van der Waals surface area contributed by atoms with E-state index < -0.39 is 11.8 Å². The molecule has 1 heterocycles. The summed E-state index contributed by atoms with van der Waals surface area (Å²) in [6.45, 7) is 6.91. The lowest BCUT2D eigenvalue weighted by Gasteiger charge is -2.28. The molecule has 0 amide bonds. The van der Waals surface area contributed by atoms with E-state index >= 15 is 0 Å². The summed E-state index contributed by atoms with van der Waals surface area (Å²) >= 11 is 0. The lowest BCUT2D eigenvalue weighted by molar-refractivity contribution is -0.0368. The molecule has 0 spiro atoms. The van der Waals surface area contributed by atoms with Gasteiger partial charge >= 0.3 is 6.16 Å². The van der Waals surface area contributed by atoms with E-state index in [0.29, 0.717) is 0 Å². The van der Waals surface area contributed by atoms with Crippen LogP contribution in [0.25, 0.3) is 0 Å². The van der Waals surface area contributed by atoms with Crippen LogP contribution in [-0.2, 0) is 9.47 Å². The molecule has 0 unspecified atom stereocenters. The Morgan fingerprint density at radius 1 is 1.42 bits per heavy atom. The van der Waals surface area contributed by atoms with E-state index in [9.17, 15) is 4.79 Å². The van der Waals surface area contributed by atoms with Crippen LogP contribution in [-0.4, -0.2) is 30.9 Å². The van der Waals surface area contributed by atoms with Gasteiger partial charge in [0.15, 0.2) is 0 Å². The van der Waals surface area contributed by atoms with Crippen LogP contribution in [0, 0.1) is 0 Å². The maximum Gasteiger partial charge on any atom is 0.509 e. The van der Waals surface area contributed by atoms with Crippen molar-refractivity contribution in [3.63, 3.8) is 0 Å². The molecule has 0 saturated carbocycles. The fourth-order valence-corrected chi connectivity index (χ4v) is 0.756. The predicted octanol–water partition coefficient (Wildman–Crippen LogP) is 0.910. The minimum atomic E-state index is -0.575. The molecular formula is C8H15NO3. The Hall–Kier alpha value is -0.770. The zero-order valence-corrected chi connectivity index (χ0v) is 7.72. The van der Waals surface area contributed by atoms with Crippen molar-refractivity contribution in [3.05, 3.63) is 0 Å². The molecule has 0 atom stereocenters. The molecule has 0 aromatic rings. The van der Waals surface area contributed by atoms with Gasteiger partial charge in [-0.1, -0.05) is 0 Å². The van der Waals surface area contributed by atoms with Gasteiger partial charge < -0.3 is 14.8 Å². The maximum absolute atomic E-state index is 11.0. The highest BCUT2D eigenvalue weighted by Crippen LogP contribution is 2.10. The molecule has 1 aliphatic heterocycles. The average molecular weight is 173 g/mol. The average Bonchev–Trinajstić information content (AvgIpc) is 1.74. The molecule has 0 aromatic heterocycles. The number of carbonyl (C=O) groups is 1. The van der Waals surface area contributed by atoms with Gasteiger partial charge in [-0.3, -0.25) is 0 Å². The molecule has 4 heteroatoms. The summed E-state index contributed by atoms with van der Waals surface area (Å²) in [6.07, 6.45) is -0.575. The Labute approximate surface area is 72.2 Å². The van der Waals surface area contributed by atoms with Gasteiger partial charge in [0.2, 0.25) is 0 Å². The molecule has 0 bridgehead atoms. The van der Waals surface area contributed by atoms with E-state index in [1.807, 2.05) is 20.8 Å². The number of rotatable bonds is 1. The van der Waals surface area contributed by atoms with Crippen LogP contribution >= 0.6 is 0 Å². The zero-order valence-electron chi connectivity index (χ0n) is 7.72. The van der Waals surface area contributed by atoms with E-state index in [1.54, 1.807) is 0 Å². The highest BCUT2D eigenvalue weighted by Gasteiger charge is 2.24. The Bertz CT molecular complexity index is 170. The van der Waals surface area contributed by atoms with Crippen LogP contribution in [0.15, 0.2) is 0 Å². The number of nitrogens with one attached hydrogen (secondary N) is 1. The van der Waals surface area contributed by atoms with Crippen LogP contribution in [0.1, 0.15) is 20.8 Å². The van der Waals surface area contributed by atoms with Gasteiger partial charge in [-0.25, -0.2) is 4.79 Å². The smallest absolute Gasteiger partial charge is 0.429 e. The highest BCUT2D eigenvalue weighted by atomic mass is 16.7. The predicted molar refractivity (Wildman–Crippen MR) is 44.0 cm³/mol. The van der Waals surface area contributed by atoms with Gasteiger partial charge in [0.05, 0.1) is 0 Å². The standard InChI is InChI=1S/C8H15NO3/c1-8(2,3)12-7(10)11-6-4-9-5-6/h6,9H,4-5H2,1-3H3. The van der Waals surface area contributed by atoms with Crippen LogP contribution in [0.5, 0.6) is 0 Å². The first kappa shape index (κ1) is 9.32. The number of carbonyl (C=O) groups excluding carboxylic acids is 1. The number of hydrogen-bond acceptors (Lipinski definition) is 4. The second-order valence-electron chi connectivity index (χ2n) is 3.86. The van der Waals surface area contributed by atoms with E-state index in [-0.39, 0.29) is 6.10 Å². The van der Waals surface area contributed by atoms with Crippen molar-refractivity contribution in [2.24, 2.45) is 0 Å². The minimum absolute atomic E-state index is 0.000139.